The van der Waals surface area contributed by atoms with Crippen molar-refractivity contribution in [1.29, 1.82) is 0 Å². The van der Waals surface area contributed by atoms with Gasteiger partial charge in [0.2, 0.25) is 11.8 Å². The number of benzene rings is 1. The van der Waals surface area contributed by atoms with Crippen LogP contribution in [0, 0.1) is 0 Å². The fourth-order valence-electron chi connectivity index (χ4n) is 2.31. The number of nitrogens with zero attached hydrogens (tertiary/aromatic N) is 1. The molecule has 1 unspecified atom stereocenters. The van der Waals surface area contributed by atoms with Gasteiger partial charge in [0.1, 0.15) is 6.04 Å². The van der Waals surface area contributed by atoms with Crippen LogP contribution >= 0.6 is 27.7 Å². The Morgan fingerprint density at radius 1 is 1.35 bits per heavy atom. The number of piperidine rings is 1. The summed E-state index contributed by atoms with van der Waals surface area (Å²) in [5, 5.41) is 0. The van der Waals surface area contributed by atoms with Crippen molar-refractivity contribution in [3.8, 4) is 0 Å². The first-order chi connectivity index (χ1) is 9.59. The van der Waals surface area contributed by atoms with Crippen LogP contribution in [0.25, 0.3) is 0 Å². The second-order valence-electron chi connectivity index (χ2n) is 4.72. The number of rotatable bonds is 4. The molecule has 1 fully saturated rings. The maximum Gasteiger partial charge on any atom is 0.240 e. The summed E-state index contributed by atoms with van der Waals surface area (Å²) in [6.07, 6.45) is 2.57. The number of primary amides is 1. The number of halogens is 1. The number of amides is 2. The van der Waals surface area contributed by atoms with Crippen molar-refractivity contribution in [2.24, 2.45) is 5.73 Å². The molecule has 2 rings (SSSR count). The molecule has 1 aromatic rings. The number of likely N-dealkylation sites (tertiary alicyclic amines) is 1. The molecule has 1 aromatic carbocycles. The number of nitrogens with two attached hydrogens (primary N) is 1. The Bertz CT molecular complexity index is 510. The van der Waals surface area contributed by atoms with Gasteiger partial charge in [-0.1, -0.05) is 12.1 Å². The van der Waals surface area contributed by atoms with Crippen LogP contribution in [0.1, 0.15) is 19.3 Å². The molecule has 1 heterocycles. The first kappa shape index (κ1) is 15.4. The first-order valence-electron chi connectivity index (χ1n) is 6.55. The van der Waals surface area contributed by atoms with Gasteiger partial charge in [-0.2, -0.15) is 0 Å². The van der Waals surface area contributed by atoms with Gasteiger partial charge in [-0.15, -0.1) is 11.8 Å². The van der Waals surface area contributed by atoms with Gasteiger partial charge in [0.05, 0.1) is 5.75 Å². The lowest BCUT2D eigenvalue weighted by Gasteiger charge is -2.33. The average molecular weight is 357 g/mol. The fraction of sp³-hybridized carbons (Fsp3) is 0.429. The van der Waals surface area contributed by atoms with Crippen molar-refractivity contribution in [3.05, 3.63) is 28.7 Å². The molecule has 0 radical (unpaired) electrons. The first-order valence-corrected chi connectivity index (χ1v) is 8.33. The quantitative estimate of drug-likeness (QED) is 0.842. The topological polar surface area (TPSA) is 63.4 Å². The molecule has 0 saturated carbocycles. The van der Waals surface area contributed by atoms with E-state index >= 15 is 0 Å². The molecule has 2 N–H and O–H groups in total. The van der Waals surface area contributed by atoms with Crippen molar-refractivity contribution in [2.45, 2.75) is 30.2 Å². The summed E-state index contributed by atoms with van der Waals surface area (Å²) in [5.74, 6) is -0.0926. The van der Waals surface area contributed by atoms with E-state index in [1.165, 1.54) is 11.8 Å². The number of carbonyl (C=O) groups is 2. The normalized spacial score (nSPS) is 18.9. The Hall–Kier alpha value is -1.01. The van der Waals surface area contributed by atoms with Gasteiger partial charge in [-0.05, 0) is 47.3 Å². The molecule has 1 atom stereocenters. The van der Waals surface area contributed by atoms with Crippen LogP contribution in [0.4, 0.5) is 0 Å². The van der Waals surface area contributed by atoms with Crippen LogP contribution in [0.3, 0.4) is 0 Å². The van der Waals surface area contributed by atoms with Crippen molar-refractivity contribution in [2.75, 3.05) is 12.3 Å². The predicted octanol–water partition coefficient (Wildman–Crippen LogP) is 2.41. The van der Waals surface area contributed by atoms with E-state index in [1.807, 2.05) is 24.3 Å². The second kappa shape index (κ2) is 7.13. The molecule has 0 bridgehead atoms. The summed E-state index contributed by atoms with van der Waals surface area (Å²) in [7, 11) is 0. The third-order valence-electron chi connectivity index (χ3n) is 3.34. The molecule has 4 nitrogen and oxygen atoms in total. The Balaban J connectivity index is 1.97. The monoisotopic (exact) mass is 356 g/mol. The largest absolute Gasteiger partial charge is 0.368 e. The van der Waals surface area contributed by atoms with Gasteiger partial charge < -0.3 is 10.6 Å². The standard InChI is InChI=1S/C14H17BrN2O2S/c15-10-5-1-2-7-12(10)20-9-13(18)17-8-4-3-6-11(17)14(16)19/h1-2,5,7,11H,3-4,6,8-9H2,(H2,16,19). The molecule has 6 heteroatoms. The van der Waals surface area contributed by atoms with E-state index in [1.54, 1.807) is 4.90 Å². The van der Waals surface area contributed by atoms with Crippen LogP contribution in [0.5, 0.6) is 0 Å². The number of hydrogen-bond donors (Lipinski definition) is 1. The van der Waals surface area contributed by atoms with Crippen LogP contribution in [-0.2, 0) is 9.59 Å². The SMILES string of the molecule is NC(=O)C1CCCCN1C(=O)CSc1ccccc1Br. The number of hydrogen-bond acceptors (Lipinski definition) is 3. The van der Waals surface area contributed by atoms with Crippen molar-refractivity contribution >= 4 is 39.5 Å². The van der Waals surface area contributed by atoms with E-state index in [4.69, 9.17) is 5.73 Å². The van der Waals surface area contributed by atoms with Crippen LogP contribution in [0.2, 0.25) is 0 Å². The highest BCUT2D eigenvalue weighted by Gasteiger charge is 2.30. The highest BCUT2D eigenvalue weighted by atomic mass is 79.9. The molecule has 1 saturated heterocycles. The molecular weight excluding hydrogens is 340 g/mol. The average Bonchev–Trinajstić information content (AvgIpc) is 2.46. The van der Waals surface area contributed by atoms with Crippen LogP contribution in [-0.4, -0.2) is 35.1 Å². The zero-order valence-corrected chi connectivity index (χ0v) is 13.5. The minimum Gasteiger partial charge on any atom is -0.368 e. The summed E-state index contributed by atoms with van der Waals surface area (Å²) < 4.78 is 0.975. The molecular formula is C14H17BrN2O2S. The van der Waals surface area contributed by atoms with Crippen molar-refractivity contribution in [1.82, 2.24) is 4.90 Å². The van der Waals surface area contributed by atoms with E-state index in [0.717, 1.165) is 22.2 Å². The molecule has 0 aromatic heterocycles. The highest BCUT2D eigenvalue weighted by molar-refractivity contribution is 9.10. The van der Waals surface area contributed by atoms with Gasteiger partial charge in [-0.3, -0.25) is 9.59 Å². The predicted molar refractivity (Wildman–Crippen MR) is 83.4 cm³/mol. The Labute approximate surface area is 131 Å². The van der Waals surface area contributed by atoms with E-state index in [-0.39, 0.29) is 5.91 Å². The lowest BCUT2D eigenvalue weighted by molar-refractivity contribution is -0.138. The Kier molecular flexibility index (Phi) is 5.48. The second-order valence-corrected chi connectivity index (χ2v) is 6.59. The fourth-order valence-corrected chi connectivity index (χ4v) is 3.76. The van der Waals surface area contributed by atoms with Crippen LogP contribution < -0.4 is 5.73 Å². The lowest BCUT2D eigenvalue weighted by Crippen LogP contribution is -2.51. The van der Waals surface area contributed by atoms with E-state index in [2.05, 4.69) is 15.9 Å². The molecule has 0 aliphatic carbocycles. The summed E-state index contributed by atoms with van der Waals surface area (Å²) in [6, 6.07) is 7.34. The summed E-state index contributed by atoms with van der Waals surface area (Å²) >= 11 is 4.93. The minimum atomic E-state index is -0.434. The van der Waals surface area contributed by atoms with E-state index in [0.29, 0.717) is 18.7 Å². The van der Waals surface area contributed by atoms with Gasteiger partial charge >= 0.3 is 0 Å². The third-order valence-corrected chi connectivity index (χ3v) is 5.35. The molecule has 1 aliphatic rings. The highest BCUT2D eigenvalue weighted by Crippen LogP contribution is 2.28. The zero-order valence-electron chi connectivity index (χ0n) is 11.0. The molecule has 108 valence electrons. The summed E-state index contributed by atoms with van der Waals surface area (Å²) in [4.78, 5) is 26.3. The summed E-state index contributed by atoms with van der Waals surface area (Å²) in [5.41, 5.74) is 5.38. The molecule has 1 aliphatic heterocycles. The molecule has 20 heavy (non-hydrogen) atoms. The smallest absolute Gasteiger partial charge is 0.240 e. The van der Waals surface area contributed by atoms with Crippen LogP contribution in [0.15, 0.2) is 33.6 Å². The third kappa shape index (κ3) is 3.76. The summed E-state index contributed by atoms with van der Waals surface area (Å²) in [6.45, 7) is 0.628. The number of carbonyl (C=O) groups excluding carboxylic acids is 2. The molecule has 0 spiro atoms. The van der Waals surface area contributed by atoms with Gasteiger partial charge in [-0.25, -0.2) is 0 Å². The Morgan fingerprint density at radius 2 is 2.10 bits per heavy atom. The maximum atomic E-state index is 12.3. The van der Waals surface area contributed by atoms with E-state index in [9.17, 15) is 9.59 Å². The van der Waals surface area contributed by atoms with Gasteiger partial charge in [0, 0.05) is 15.9 Å². The minimum absolute atomic E-state index is 0.0192. The lowest BCUT2D eigenvalue weighted by atomic mass is 10.0. The van der Waals surface area contributed by atoms with Gasteiger partial charge in [0.15, 0.2) is 0 Å². The van der Waals surface area contributed by atoms with E-state index < -0.39 is 11.9 Å². The van der Waals surface area contributed by atoms with Crippen molar-refractivity contribution < 1.29 is 9.59 Å². The van der Waals surface area contributed by atoms with Crippen molar-refractivity contribution in [3.63, 3.8) is 0 Å². The van der Waals surface area contributed by atoms with Gasteiger partial charge in [0.25, 0.3) is 0 Å². The molecule has 2 amide bonds. The Morgan fingerprint density at radius 3 is 2.80 bits per heavy atom. The number of thioether (sulfide) groups is 1. The zero-order chi connectivity index (χ0) is 14.5. The maximum absolute atomic E-state index is 12.3.